The number of nitrogens with one attached hydrogen (secondary N) is 1. The van der Waals surface area contributed by atoms with Gasteiger partial charge < -0.3 is 9.15 Å². The number of carbonyl (C=O) groups is 3. The molecule has 1 aromatic carbocycles. The second-order valence-corrected chi connectivity index (χ2v) is 4.06. The quantitative estimate of drug-likeness (QED) is 0.381. The molecule has 1 aromatic heterocycles. The van der Waals surface area contributed by atoms with Crippen molar-refractivity contribution in [2.24, 2.45) is 0 Å². The van der Waals surface area contributed by atoms with Crippen molar-refractivity contribution >= 4 is 28.6 Å². The summed E-state index contributed by atoms with van der Waals surface area (Å²) in [7, 11) is 0. The van der Waals surface area contributed by atoms with E-state index in [9.17, 15) is 23.6 Å². The average molecular weight is 295 g/mol. The van der Waals surface area contributed by atoms with E-state index in [4.69, 9.17) is 4.42 Å². The summed E-state index contributed by atoms with van der Waals surface area (Å²) < 4.78 is 22.6. The fourth-order valence-electron chi connectivity index (χ4n) is 1.75. The molecular weight excluding hydrogens is 285 g/mol. The number of aromatic amines is 1. The lowest BCUT2D eigenvalue weighted by Crippen LogP contribution is -2.20. The Labute approximate surface area is 116 Å². The molecule has 110 valence electrons. The van der Waals surface area contributed by atoms with Gasteiger partial charge in [0.1, 0.15) is 5.52 Å². The fourth-order valence-corrected chi connectivity index (χ4v) is 1.75. The van der Waals surface area contributed by atoms with E-state index in [1.54, 1.807) is 0 Å². The minimum absolute atomic E-state index is 0.00619. The van der Waals surface area contributed by atoms with Gasteiger partial charge in [0.25, 0.3) is 0 Å². The SMILES string of the molecule is CCOC(=O)C(=O)CC(=O)c1ccc(F)c2[nH]c(=O)oc12. The van der Waals surface area contributed by atoms with E-state index in [0.29, 0.717) is 0 Å². The van der Waals surface area contributed by atoms with Crippen LogP contribution in [0.4, 0.5) is 4.39 Å². The molecule has 8 heteroatoms. The van der Waals surface area contributed by atoms with Crippen LogP contribution in [-0.4, -0.2) is 29.1 Å². The van der Waals surface area contributed by atoms with Crippen LogP contribution in [0.2, 0.25) is 0 Å². The Kier molecular flexibility index (Phi) is 3.97. The predicted molar refractivity (Wildman–Crippen MR) is 67.4 cm³/mol. The minimum atomic E-state index is -1.13. The molecule has 2 aromatic rings. The molecule has 0 aliphatic carbocycles. The van der Waals surface area contributed by atoms with Crippen molar-refractivity contribution in [1.29, 1.82) is 0 Å². The smallest absolute Gasteiger partial charge is 0.417 e. The maximum atomic E-state index is 13.5. The normalized spacial score (nSPS) is 10.6. The van der Waals surface area contributed by atoms with Crippen LogP contribution in [0, 0.1) is 5.82 Å². The highest BCUT2D eigenvalue weighted by Crippen LogP contribution is 2.20. The number of benzene rings is 1. The zero-order valence-electron chi connectivity index (χ0n) is 10.9. The summed E-state index contributed by atoms with van der Waals surface area (Å²) >= 11 is 0. The topological polar surface area (TPSA) is 106 Å². The zero-order valence-corrected chi connectivity index (χ0v) is 10.9. The van der Waals surface area contributed by atoms with Gasteiger partial charge in [0.05, 0.1) is 18.6 Å². The van der Waals surface area contributed by atoms with E-state index in [1.165, 1.54) is 6.92 Å². The van der Waals surface area contributed by atoms with Gasteiger partial charge in [0, 0.05) is 0 Å². The first-order valence-electron chi connectivity index (χ1n) is 5.98. The Morgan fingerprint density at radius 2 is 2.05 bits per heavy atom. The third-order valence-corrected chi connectivity index (χ3v) is 2.65. The monoisotopic (exact) mass is 295 g/mol. The number of H-pyrrole nitrogens is 1. The summed E-state index contributed by atoms with van der Waals surface area (Å²) in [6.07, 6.45) is -0.755. The number of halogens is 1. The highest BCUT2D eigenvalue weighted by atomic mass is 19.1. The molecule has 0 aliphatic heterocycles. The molecule has 0 saturated carbocycles. The second-order valence-electron chi connectivity index (χ2n) is 4.06. The van der Waals surface area contributed by atoms with Gasteiger partial charge in [-0.05, 0) is 19.1 Å². The number of ketones is 2. The van der Waals surface area contributed by atoms with Crippen LogP contribution in [0.3, 0.4) is 0 Å². The minimum Gasteiger partial charge on any atom is -0.460 e. The number of aromatic nitrogens is 1. The molecule has 0 atom stereocenters. The summed E-state index contributed by atoms with van der Waals surface area (Å²) in [5.41, 5.74) is -0.724. The Balaban J connectivity index is 2.32. The lowest BCUT2D eigenvalue weighted by Gasteiger charge is -2.02. The third-order valence-electron chi connectivity index (χ3n) is 2.65. The molecule has 0 amide bonds. The van der Waals surface area contributed by atoms with Crippen LogP contribution in [0.25, 0.3) is 11.1 Å². The van der Waals surface area contributed by atoms with Gasteiger partial charge in [-0.3, -0.25) is 14.6 Å². The first kappa shape index (κ1) is 14.6. The fraction of sp³-hybridized carbons (Fsp3) is 0.231. The van der Waals surface area contributed by atoms with E-state index in [-0.39, 0.29) is 23.3 Å². The van der Waals surface area contributed by atoms with Crippen molar-refractivity contribution in [3.05, 3.63) is 34.1 Å². The number of hydrogen-bond donors (Lipinski definition) is 1. The molecule has 0 radical (unpaired) electrons. The number of rotatable bonds is 5. The molecule has 21 heavy (non-hydrogen) atoms. The molecule has 2 rings (SSSR count). The van der Waals surface area contributed by atoms with E-state index >= 15 is 0 Å². The standard InChI is InChI=1S/C13H10FNO6/c1-2-20-12(18)9(17)5-8(16)6-3-4-7(14)10-11(6)21-13(19)15-10/h3-4H,2,5H2,1H3,(H,15,19). The van der Waals surface area contributed by atoms with Gasteiger partial charge in [-0.25, -0.2) is 14.0 Å². The number of carbonyl (C=O) groups excluding carboxylic acids is 3. The van der Waals surface area contributed by atoms with Crippen molar-refractivity contribution in [2.45, 2.75) is 13.3 Å². The summed E-state index contributed by atoms with van der Waals surface area (Å²) in [6.45, 7) is 1.53. The Morgan fingerprint density at radius 1 is 1.33 bits per heavy atom. The number of esters is 1. The van der Waals surface area contributed by atoms with Crippen LogP contribution in [-0.2, 0) is 14.3 Å². The average Bonchev–Trinajstić information content (AvgIpc) is 2.81. The zero-order chi connectivity index (χ0) is 15.6. The Hall–Kier alpha value is -2.77. The summed E-state index contributed by atoms with van der Waals surface area (Å²) in [6, 6.07) is 2.03. The number of oxazole rings is 1. The first-order valence-corrected chi connectivity index (χ1v) is 5.98. The van der Waals surface area contributed by atoms with Gasteiger partial charge in [-0.2, -0.15) is 0 Å². The van der Waals surface area contributed by atoms with Crippen LogP contribution >= 0.6 is 0 Å². The number of fused-ring (bicyclic) bond motifs is 1. The molecular formula is C13H10FNO6. The highest BCUT2D eigenvalue weighted by Gasteiger charge is 2.23. The number of hydrogen-bond acceptors (Lipinski definition) is 6. The molecule has 0 aliphatic rings. The van der Waals surface area contributed by atoms with Crippen molar-refractivity contribution in [1.82, 2.24) is 4.98 Å². The van der Waals surface area contributed by atoms with E-state index in [2.05, 4.69) is 9.72 Å². The number of Topliss-reactive ketones (excluding diaryl/α,β-unsaturated/α-hetero) is 2. The van der Waals surface area contributed by atoms with E-state index in [1.807, 2.05) is 0 Å². The predicted octanol–water partition coefficient (Wildman–Crippen LogP) is 0.965. The van der Waals surface area contributed by atoms with Crippen molar-refractivity contribution in [3.63, 3.8) is 0 Å². The maximum absolute atomic E-state index is 13.5. The van der Waals surface area contributed by atoms with Crippen molar-refractivity contribution < 1.29 is 27.9 Å². The van der Waals surface area contributed by atoms with E-state index < -0.39 is 35.5 Å². The lowest BCUT2D eigenvalue weighted by molar-refractivity contribution is -0.153. The second kappa shape index (κ2) is 5.70. The molecule has 1 N–H and O–H groups in total. The van der Waals surface area contributed by atoms with Gasteiger partial charge in [-0.1, -0.05) is 0 Å². The van der Waals surface area contributed by atoms with Crippen LogP contribution in [0.1, 0.15) is 23.7 Å². The maximum Gasteiger partial charge on any atom is 0.417 e. The summed E-state index contributed by atoms with van der Waals surface area (Å²) in [5, 5.41) is 0. The van der Waals surface area contributed by atoms with Crippen LogP contribution in [0.5, 0.6) is 0 Å². The van der Waals surface area contributed by atoms with Gasteiger partial charge in [0.15, 0.2) is 17.2 Å². The van der Waals surface area contributed by atoms with Gasteiger partial charge in [0.2, 0.25) is 5.78 Å². The molecule has 1 heterocycles. The molecule has 0 saturated heterocycles. The molecule has 0 bridgehead atoms. The molecule has 7 nitrogen and oxygen atoms in total. The Morgan fingerprint density at radius 3 is 2.71 bits per heavy atom. The van der Waals surface area contributed by atoms with Gasteiger partial charge >= 0.3 is 11.7 Å². The van der Waals surface area contributed by atoms with Crippen molar-refractivity contribution in [2.75, 3.05) is 6.61 Å². The lowest BCUT2D eigenvalue weighted by atomic mass is 10.0. The first-order chi connectivity index (χ1) is 9.93. The van der Waals surface area contributed by atoms with Crippen LogP contribution in [0.15, 0.2) is 21.3 Å². The molecule has 0 unspecified atom stereocenters. The van der Waals surface area contributed by atoms with Crippen molar-refractivity contribution in [3.8, 4) is 0 Å². The van der Waals surface area contributed by atoms with E-state index in [0.717, 1.165) is 12.1 Å². The third kappa shape index (κ3) is 2.88. The highest BCUT2D eigenvalue weighted by molar-refractivity contribution is 6.38. The summed E-state index contributed by atoms with van der Waals surface area (Å²) in [5.74, 6) is -4.64. The molecule has 0 spiro atoms. The Bertz CT molecular complexity index is 788. The van der Waals surface area contributed by atoms with Gasteiger partial charge in [-0.15, -0.1) is 0 Å². The summed E-state index contributed by atoms with van der Waals surface area (Å²) in [4.78, 5) is 47.8. The largest absolute Gasteiger partial charge is 0.460 e. The molecule has 0 fully saturated rings. The number of ether oxygens (including phenoxy) is 1. The van der Waals surface area contributed by atoms with Crippen LogP contribution < -0.4 is 5.76 Å².